The van der Waals surface area contributed by atoms with E-state index in [1.54, 1.807) is 19.1 Å². The molecule has 3 heterocycles. The number of aryl methyl sites for hydroxylation is 1. The number of nitrogen functional groups attached to an aromatic ring is 1. The topological polar surface area (TPSA) is 134 Å². The molecule has 0 atom stereocenters. The van der Waals surface area contributed by atoms with Crippen LogP contribution in [0.25, 0.3) is 22.6 Å². The maximum atomic E-state index is 13.3. The normalized spacial score (nSPS) is 16.5. The quantitative estimate of drug-likeness (QED) is 0.304. The number of fused-ring (bicyclic) bond motifs is 2. The van der Waals surface area contributed by atoms with E-state index in [1.165, 1.54) is 12.8 Å². The minimum Gasteiger partial charge on any atom is -0.452 e. The molecule has 5 rings (SSSR count). The van der Waals surface area contributed by atoms with Crippen molar-refractivity contribution in [3.63, 3.8) is 0 Å². The van der Waals surface area contributed by atoms with E-state index in [1.807, 2.05) is 6.92 Å². The van der Waals surface area contributed by atoms with E-state index in [2.05, 4.69) is 20.4 Å². The number of likely N-dealkylation sites (tertiary alicyclic amines) is 2. The zero-order valence-corrected chi connectivity index (χ0v) is 22.2. The summed E-state index contributed by atoms with van der Waals surface area (Å²) in [5, 5.41) is 5.88. The first-order chi connectivity index (χ1) is 18.3. The Labute approximate surface area is 221 Å². The Morgan fingerprint density at radius 2 is 1.53 bits per heavy atom. The van der Waals surface area contributed by atoms with Gasteiger partial charge in [0.2, 0.25) is 5.43 Å². The molecular weight excluding hydrogens is 484 g/mol. The van der Waals surface area contributed by atoms with Gasteiger partial charge in [0, 0.05) is 31.7 Å². The fraction of sp³-hybridized carbons (Fsp3) is 0.500. The Balaban J connectivity index is 1.49. The van der Waals surface area contributed by atoms with E-state index in [-0.39, 0.29) is 34.2 Å². The summed E-state index contributed by atoms with van der Waals surface area (Å²) >= 11 is 0. The molecule has 202 valence electrons. The van der Waals surface area contributed by atoms with Gasteiger partial charge in [-0.15, -0.1) is 0 Å². The van der Waals surface area contributed by atoms with E-state index in [9.17, 15) is 14.4 Å². The fourth-order valence-electron chi connectivity index (χ4n) is 5.46. The summed E-state index contributed by atoms with van der Waals surface area (Å²) in [4.78, 5) is 48.8. The van der Waals surface area contributed by atoms with Crippen LogP contribution in [0.2, 0.25) is 0 Å². The maximum Gasteiger partial charge on any atom is 0.255 e. The Bertz CT molecular complexity index is 1390. The van der Waals surface area contributed by atoms with Gasteiger partial charge >= 0.3 is 0 Å². The lowest BCUT2D eigenvalue weighted by atomic mass is 9.99. The standard InChI is InChI=1S/C28H36N6O4/c1-17-7-8-19(27(36)30-9-15-33-11-3-4-12-33)22-25(17)38-26-18(2)24(35)21(29)20(23(26)32-22)28(37)31-10-16-34-13-5-6-14-34/h7-8H,3-6,9-16,29H2,1-2H3,(H,30,36)(H,31,37). The number of rotatable bonds is 8. The number of benzene rings is 2. The molecular formula is C28H36N6O4. The van der Waals surface area contributed by atoms with Gasteiger partial charge in [-0.25, -0.2) is 4.98 Å². The molecule has 0 unspecified atom stereocenters. The monoisotopic (exact) mass is 520 g/mol. The van der Waals surface area contributed by atoms with E-state index >= 15 is 0 Å². The molecule has 0 saturated carbocycles. The molecule has 4 aliphatic rings. The van der Waals surface area contributed by atoms with Crippen molar-refractivity contribution in [3.8, 4) is 11.5 Å². The first-order valence-electron chi connectivity index (χ1n) is 13.5. The second-order valence-electron chi connectivity index (χ2n) is 10.4. The summed E-state index contributed by atoms with van der Waals surface area (Å²) in [5.74, 6) is -0.538. The molecule has 4 N–H and O–H groups in total. The summed E-state index contributed by atoms with van der Waals surface area (Å²) in [6.45, 7) is 10.1. The summed E-state index contributed by atoms with van der Waals surface area (Å²) in [6.07, 6.45) is 4.71. The maximum absolute atomic E-state index is 13.3. The average molecular weight is 521 g/mol. The predicted molar refractivity (Wildman–Crippen MR) is 147 cm³/mol. The van der Waals surface area contributed by atoms with E-state index in [4.69, 9.17) is 15.1 Å². The molecule has 1 aromatic rings. The van der Waals surface area contributed by atoms with Crippen LogP contribution in [0.4, 0.5) is 5.69 Å². The number of aromatic nitrogens is 1. The second kappa shape index (κ2) is 11.1. The molecule has 0 spiro atoms. The van der Waals surface area contributed by atoms with Crippen LogP contribution in [0, 0.1) is 13.8 Å². The van der Waals surface area contributed by atoms with Crippen molar-refractivity contribution < 1.29 is 14.0 Å². The van der Waals surface area contributed by atoms with Crippen LogP contribution in [-0.4, -0.2) is 79.0 Å². The van der Waals surface area contributed by atoms with Crippen LogP contribution in [-0.2, 0) is 0 Å². The molecule has 0 aromatic heterocycles. The van der Waals surface area contributed by atoms with E-state index in [0.717, 1.165) is 57.7 Å². The summed E-state index contributed by atoms with van der Waals surface area (Å²) in [7, 11) is 0. The van der Waals surface area contributed by atoms with Crippen molar-refractivity contribution in [2.75, 3.05) is 58.1 Å². The van der Waals surface area contributed by atoms with E-state index in [0.29, 0.717) is 29.8 Å². The van der Waals surface area contributed by atoms with Gasteiger partial charge in [0.1, 0.15) is 11.2 Å². The lowest BCUT2D eigenvalue weighted by molar-refractivity contribution is 0.0943. The number of nitrogens with two attached hydrogens (primary N) is 1. The number of amides is 2. The van der Waals surface area contributed by atoms with Crippen LogP contribution in [0.3, 0.4) is 0 Å². The van der Waals surface area contributed by atoms with Crippen molar-refractivity contribution in [1.82, 2.24) is 25.4 Å². The molecule has 0 radical (unpaired) electrons. The SMILES string of the molecule is Cc1c2oc3c(C)ccc(C(=O)NCCN4CCCC4)c3nc-2c(C(=O)NCCN2CCCC2)c(N)c1=O. The van der Waals surface area contributed by atoms with Gasteiger partial charge in [-0.05, 0) is 77.3 Å². The van der Waals surface area contributed by atoms with Crippen molar-refractivity contribution in [2.24, 2.45) is 0 Å². The van der Waals surface area contributed by atoms with Gasteiger partial charge in [-0.2, -0.15) is 0 Å². The zero-order valence-electron chi connectivity index (χ0n) is 22.2. The Morgan fingerprint density at radius 3 is 2.13 bits per heavy atom. The van der Waals surface area contributed by atoms with Crippen LogP contribution in [0.5, 0.6) is 0 Å². The largest absolute Gasteiger partial charge is 0.452 e. The van der Waals surface area contributed by atoms with Crippen molar-refractivity contribution in [1.29, 1.82) is 0 Å². The lowest BCUT2D eigenvalue weighted by Crippen LogP contribution is -2.35. The highest BCUT2D eigenvalue weighted by molar-refractivity contribution is 6.08. The molecule has 1 aromatic carbocycles. The smallest absolute Gasteiger partial charge is 0.255 e. The first kappa shape index (κ1) is 26.1. The number of nitrogens with zero attached hydrogens (tertiary/aromatic N) is 3. The van der Waals surface area contributed by atoms with Crippen LogP contribution < -0.4 is 21.8 Å². The molecule has 38 heavy (non-hydrogen) atoms. The van der Waals surface area contributed by atoms with Gasteiger partial charge in [-0.3, -0.25) is 14.4 Å². The molecule has 2 amide bonds. The third-order valence-electron chi connectivity index (χ3n) is 7.70. The number of hydrogen-bond donors (Lipinski definition) is 3. The van der Waals surface area contributed by atoms with Gasteiger partial charge in [-0.1, -0.05) is 6.07 Å². The fourth-order valence-corrected chi connectivity index (χ4v) is 5.46. The summed E-state index contributed by atoms with van der Waals surface area (Å²) in [6, 6.07) is 3.51. The van der Waals surface area contributed by atoms with Crippen molar-refractivity contribution in [2.45, 2.75) is 39.5 Å². The van der Waals surface area contributed by atoms with Crippen LogP contribution in [0.1, 0.15) is 57.5 Å². The zero-order chi connectivity index (χ0) is 26.8. The van der Waals surface area contributed by atoms with E-state index < -0.39 is 11.3 Å². The Hall–Kier alpha value is -3.50. The summed E-state index contributed by atoms with van der Waals surface area (Å²) in [5.41, 5.74) is 7.87. The average Bonchev–Trinajstić information content (AvgIpc) is 3.62. The third kappa shape index (κ3) is 5.10. The van der Waals surface area contributed by atoms with Gasteiger partial charge in [0.05, 0.1) is 16.8 Å². The van der Waals surface area contributed by atoms with Crippen molar-refractivity contribution >= 4 is 28.6 Å². The second-order valence-corrected chi connectivity index (χ2v) is 10.4. The van der Waals surface area contributed by atoms with Gasteiger partial charge in [0.15, 0.2) is 11.3 Å². The molecule has 2 saturated heterocycles. The molecule has 2 fully saturated rings. The number of nitrogens with one attached hydrogen (secondary N) is 2. The number of carbonyl (C=O) groups is 2. The highest BCUT2D eigenvalue weighted by Crippen LogP contribution is 2.34. The molecule has 0 bridgehead atoms. The number of hydrogen-bond acceptors (Lipinski definition) is 8. The minimum absolute atomic E-state index is 0.00966. The molecule has 10 nitrogen and oxygen atoms in total. The highest BCUT2D eigenvalue weighted by atomic mass is 16.3. The molecule has 3 aliphatic heterocycles. The van der Waals surface area contributed by atoms with Crippen LogP contribution >= 0.6 is 0 Å². The van der Waals surface area contributed by atoms with Crippen LogP contribution in [0.15, 0.2) is 21.3 Å². The molecule has 1 aliphatic carbocycles. The minimum atomic E-state index is -0.477. The lowest BCUT2D eigenvalue weighted by Gasteiger charge is -2.19. The first-order valence-corrected chi connectivity index (χ1v) is 13.5. The molecule has 10 heteroatoms. The van der Waals surface area contributed by atoms with Gasteiger partial charge in [0.25, 0.3) is 11.8 Å². The Morgan fingerprint density at radius 1 is 0.947 bits per heavy atom. The van der Waals surface area contributed by atoms with Crippen molar-refractivity contribution in [3.05, 3.63) is 44.6 Å². The summed E-state index contributed by atoms with van der Waals surface area (Å²) < 4.78 is 6.20. The number of anilines is 1. The van der Waals surface area contributed by atoms with Gasteiger partial charge < -0.3 is 30.6 Å². The number of carbonyl (C=O) groups excluding carboxylic acids is 2. The predicted octanol–water partition coefficient (Wildman–Crippen LogP) is 2.14. The Kier molecular flexibility index (Phi) is 7.62. The highest BCUT2D eigenvalue weighted by Gasteiger charge is 2.29. The third-order valence-corrected chi connectivity index (χ3v) is 7.70.